The second-order valence-electron chi connectivity index (χ2n) is 3.80. The Labute approximate surface area is 105 Å². The molecule has 0 saturated carbocycles. The van der Waals surface area contributed by atoms with E-state index in [1.54, 1.807) is 30.9 Å². The third-order valence-electron chi connectivity index (χ3n) is 2.78. The van der Waals surface area contributed by atoms with Gasteiger partial charge in [0.2, 0.25) is 0 Å². The Hall–Kier alpha value is -2.34. The van der Waals surface area contributed by atoms with Gasteiger partial charge in [-0.2, -0.15) is 4.37 Å². The van der Waals surface area contributed by atoms with E-state index in [0.29, 0.717) is 11.3 Å². The van der Waals surface area contributed by atoms with Gasteiger partial charge >= 0.3 is 0 Å². The molecule has 4 aromatic rings. The standard InChI is InChI=1S/C12H6N4OS/c1-3-13-5-7-9(1)17-16-12(7)11-8-6-15-18-10(8)2-4-14-11/h1-6H. The summed E-state index contributed by atoms with van der Waals surface area (Å²) < 4.78 is 10.5. The molecule has 86 valence electrons. The van der Waals surface area contributed by atoms with Crippen molar-refractivity contribution >= 4 is 32.6 Å². The lowest BCUT2D eigenvalue weighted by molar-refractivity contribution is 0.459. The maximum Gasteiger partial charge on any atom is 0.170 e. The zero-order valence-corrected chi connectivity index (χ0v) is 9.89. The number of fused-ring (bicyclic) bond motifs is 2. The molecule has 4 heterocycles. The van der Waals surface area contributed by atoms with Crippen molar-refractivity contribution in [1.29, 1.82) is 0 Å². The van der Waals surface area contributed by atoms with Crippen LogP contribution in [0.25, 0.3) is 32.4 Å². The van der Waals surface area contributed by atoms with Crippen LogP contribution in [0.3, 0.4) is 0 Å². The average molecular weight is 254 g/mol. The van der Waals surface area contributed by atoms with E-state index in [0.717, 1.165) is 21.2 Å². The van der Waals surface area contributed by atoms with Crippen LogP contribution in [0.1, 0.15) is 0 Å². The van der Waals surface area contributed by atoms with Crippen LogP contribution in [-0.2, 0) is 0 Å². The van der Waals surface area contributed by atoms with Crippen molar-refractivity contribution in [1.82, 2.24) is 19.5 Å². The number of aromatic nitrogens is 4. The van der Waals surface area contributed by atoms with Gasteiger partial charge in [0.05, 0.1) is 16.3 Å². The van der Waals surface area contributed by atoms with Gasteiger partial charge < -0.3 is 4.52 Å². The first-order valence-electron chi connectivity index (χ1n) is 5.32. The first-order chi connectivity index (χ1) is 8.93. The Morgan fingerprint density at radius 1 is 1.00 bits per heavy atom. The van der Waals surface area contributed by atoms with Crippen molar-refractivity contribution in [2.45, 2.75) is 0 Å². The molecule has 6 heteroatoms. The monoisotopic (exact) mass is 254 g/mol. The van der Waals surface area contributed by atoms with Crippen LogP contribution in [0.5, 0.6) is 0 Å². The van der Waals surface area contributed by atoms with E-state index in [1.807, 2.05) is 6.07 Å². The van der Waals surface area contributed by atoms with Crippen LogP contribution >= 0.6 is 11.5 Å². The molecular weight excluding hydrogens is 248 g/mol. The van der Waals surface area contributed by atoms with Crippen LogP contribution in [0.2, 0.25) is 0 Å². The molecule has 0 aliphatic heterocycles. The summed E-state index contributed by atoms with van der Waals surface area (Å²) in [4.78, 5) is 8.49. The molecule has 0 atom stereocenters. The maximum absolute atomic E-state index is 5.28. The molecule has 0 bridgehead atoms. The molecule has 0 N–H and O–H groups in total. The van der Waals surface area contributed by atoms with Gasteiger partial charge in [-0.3, -0.25) is 9.97 Å². The highest BCUT2D eigenvalue weighted by atomic mass is 32.1. The molecule has 4 aromatic heterocycles. The van der Waals surface area contributed by atoms with Crippen LogP contribution in [0, 0.1) is 0 Å². The Morgan fingerprint density at radius 3 is 3.00 bits per heavy atom. The van der Waals surface area contributed by atoms with E-state index in [-0.39, 0.29) is 0 Å². The molecule has 0 aliphatic carbocycles. The van der Waals surface area contributed by atoms with Gasteiger partial charge in [-0.05, 0) is 17.6 Å². The first kappa shape index (κ1) is 9.67. The zero-order chi connectivity index (χ0) is 11.9. The molecule has 4 rings (SSSR count). The molecule has 0 fully saturated rings. The second-order valence-corrected chi connectivity index (χ2v) is 4.63. The Balaban J connectivity index is 2.10. The summed E-state index contributed by atoms with van der Waals surface area (Å²) in [6.07, 6.45) is 6.98. The summed E-state index contributed by atoms with van der Waals surface area (Å²) >= 11 is 1.44. The molecule has 0 aromatic carbocycles. The Kier molecular flexibility index (Phi) is 1.92. The van der Waals surface area contributed by atoms with Crippen molar-refractivity contribution in [3.8, 4) is 11.4 Å². The van der Waals surface area contributed by atoms with Gasteiger partial charge in [0, 0.05) is 30.0 Å². The van der Waals surface area contributed by atoms with Crippen LogP contribution in [0.15, 0.2) is 41.4 Å². The van der Waals surface area contributed by atoms with E-state index in [2.05, 4.69) is 19.5 Å². The van der Waals surface area contributed by atoms with E-state index >= 15 is 0 Å². The first-order valence-corrected chi connectivity index (χ1v) is 6.10. The van der Waals surface area contributed by atoms with Gasteiger partial charge in [-0.1, -0.05) is 5.16 Å². The van der Waals surface area contributed by atoms with Crippen molar-refractivity contribution in [3.05, 3.63) is 36.9 Å². The van der Waals surface area contributed by atoms with Crippen molar-refractivity contribution < 1.29 is 4.52 Å². The van der Waals surface area contributed by atoms with E-state index in [4.69, 9.17) is 4.52 Å². The normalized spacial score (nSPS) is 11.3. The predicted molar refractivity (Wildman–Crippen MR) is 68.2 cm³/mol. The number of hydrogen-bond donors (Lipinski definition) is 0. The number of hydrogen-bond acceptors (Lipinski definition) is 6. The third-order valence-corrected chi connectivity index (χ3v) is 3.54. The van der Waals surface area contributed by atoms with Gasteiger partial charge in [0.1, 0.15) is 11.4 Å². The van der Waals surface area contributed by atoms with Gasteiger partial charge in [-0.25, -0.2) is 0 Å². The maximum atomic E-state index is 5.28. The van der Waals surface area contributed by atoms with E-state index in [1.165, 1.54) is 11.5 Å². The molecule has 18 heavy (non-hydrogen) atoms. The highest BCUT2D eigenvalue weighted by molar-refractivity contribution is 7.13. The molecule has 0 saturated heterocycles. The number of pyridine rings is 2. The molecule has 0 aliphatic rings. The zero-order valence-electron chi connectivity index (χ0n) is 9.07. The summed E-state index contributed by atoms with van der Waals surface area (Å²) in [5.41, 5.74) is 2.21. The van der Waals surface area contributed by atoms with Crippen molar-refractivity contribution in [2.24, 2.45) is 0 Å². The van der Waals surface area contributed by atoms with Crippen LogP contribution < -0.4 is 0 Å². The molecule has 0 amide bonds. The highest BCUT2D eigenvalue weighted by Gasteiger charge is 2.15. The lowest BCUT2D eigenvalue weighted by Crippen LogP contribution is -1.84. The van der Waals surface area contributed by atoms with Crippen LogP contribution in [-0.4, -0.2) is 19.5 Å². The fourth-order valence-electron chi connectivity index (χ4n) is 1.94. The van der Waals surface area contributed by atoms with Crippen molar-refractivity contribution in [3.63, 3.8) is 0 Å². The topological polar surface area (TPSA) is 64.7 Å². The Morgan fingerprint density at radius 2 is 2.00 bits per heavy atom. The second kappa shape index (κ2) is 3.58. The summed E-state index contributed by atoms with van der Waals surface area (Å²) in [6.45, 7) is 0. The SMILES string of the molecule is c1cc2onc(-c3nccc4sncc34)c2cn1. The highest BCUT2D eigenvalue weighted by Crippen LogP contribution is 2.31. The fourth-order valence-corrected chi connectivity index (χ4v) is 2.58. The van der Waals surface area contributed by atoms with Gasteiger partial charge in [0.15, 0.2) is 5.58 Å². The molecular formula is C12H6N4OS. The van der Waals surface area contributed by atoms with Gasteiger partial charge in [0.25, 0.3) is 0 Å². The largest absolute Gasteiger partial charge is 0.355 e. The fraction of sp³-hybridized carbons (Fsp3) is 0. The third kappa shape index (κ3) is 1.26. The summed E-state index contributed by atoms with van der Waals surface area (Å²) in [5, 5.41) is 5.95. The van der Waals surface area contributed by atoms with E-state index in [9.17, 15) is 0 Å². The lowest BCUT2D eigenvalue weighted by Gasteiger charge is -1.96. The summed E-state index contributed by atoms with van der Waals surface area (Å²) in [5.74, 6) is 0. The van der Waals surface area contributed by atoms with Gasteiger partial charge in [-0.15, -0.1) is 0 Å². The number of nitrogens with zero attached hydrogens (tertiary/aromatic N) is 4. The number of rotatable bonds is 1. The minimum Gasteiger partial charge on any atom is -0.355 e. The lowest BCUT2D eigenvalue weighted by atomic mass is 10.1. The van der Waals surface area contributed by atoms with Crippen LogP contribution in [0.4, 0.5) is 0 Å². The smallest absolute Gasteiger partial charge is 0.170 e. The minimum atomic E-state index is 0.710. The molecule has 0 radical (unpaired) electrons. The summed E-state index contributed by atoms with van der Waals surface area (Å²) in [7, 11) is 0. The average Bonchev–Trinajstić information content (AvgIpc) is 3.05. The van der Waals surface area contributed by atoms with Crippen molar-refractivity contribution in [2.75, 3.05) is 0 Å². The Bertz CT molecular complexity index is 851. The molecule has 0 spiro atoms. The molecule has 5 nitrogen and oxygen atoms in total. The molecule has 0 unspecified atom stereocenters. The summed E-state index contributed by atoms with van der Waals surface area (Å²) in [6, 6.07) is 3.73. The minimum absolute atomic E-state index is 0.710. The van der Waals surface area contributed by atoms with E-state index < -0.39 is 0 Å². The predicted octanol–water partition coefficient (Wildman–Crippen LogP) is 2.89. The quantitative estimate of drug-likeness (QED) is 0.522.